The van der Waals surface area contributed by atoms with E-state index >= 15 is 0 Å². The van der Waals surface area contributed by atoms with Crippen LogP contribution >= 0.6 is 0 Å². The number of ketones is 1. The van der Waals surface area contributed by atoms with E-state index in [1.54, 1.807) is 19.2 Å². The number of carbonyl (C=O) groups excluding carboxylic acids is 1. The molecule has 0 N–H and O–H groups in total. The molecule has 0 saturated carbocycles. The van der Waals surface area contributed by atoms with Gasteiger partial charge in [0, 0.05) is 6.42 Å². The standard InChI is InChI=1S/C12H12O3/c1-14-10-6-3-2-5-9(10)12(13)11-7-4-8-15-11/h2-3,5-7H,4,8H2,1H3. The topological polar surface area (TPSA) is 35.5 Å². The lowest BCUT2D eigenvalue weighted by molar-refractivity contribution is 0.0939. The first-order valence-electron chi connectivity index (χ1n) is 4.83. The summed E-state index contributed by atoms with van der Waals surface area (Å²) >= 11 is 0. The van der Waals surface area contributed by atoms with Gasteiger partial charge in [-0.1, -0.05) is 12.1 Å². The Morgan fingerprint density at radius 1 is 1.40 bits per heavy atom. The van der Waals surface area contributed by atoms with Crippen LogP contribution in [0.25, 0.3) is 0 Å². The van der Waals surface area contributed by atoms with Crippen molar-refractivity contribution >= 4 is 5.78 Å². The highest BCUT2D eigenvalue weighted by atomic mass is 16.5. The van der Waals surface area contributed by atoms with Gasteiger partial charge in [0.2, 0.25) is 5.78 Å². The number of hydrogen-bond donors (Lipinski definition) is 0. The summed E-state index contributed by atoms with van der Waals surface area (Å²) in [5, 5.41) is 0. The number of benzene rings is 1. The zero-order valence-corrected chi connectivity index (χ0v) is 8.53. The Balaban J connectivity index is 2.32. The molecule has 0 spiro atoms. The van der Waals surface area contributed by atoms with Gasteiger partial charge in [-0.3, -0.25) is 4.79 Å². The van der Waals surface area contributed by atoms with Crippen molar-refractivity contribution in [2.45, 2.75) is 6.42 Å². The van der Waals surface area contributed by atoms with E-state index in [-0.39, 0.29) is 5.78 Å². The maximum atomic E-state index is 12.0. The quantitative estimate of drug-likeness (QED) is 0.708. The van der Waals surface area contributed by atoms with Crippen molar-refractivity contribution in [2.75, 3.05) is 13.7 Å². The van der Waals surface area contributed by atoms with Gasteiger partial charge in [-0.05, 0) is 18.2 Å². The Hall–Kier alpha value is -1.77. The molecule has 0 unspecified atom stereocenters. The zero-order valence-electron chi connectivity index (χ0n) is 8.53. The molecule has 0 aromatic heterocycles. The lowest BCUT2D eigenvalue weighted by Gasteiger charge is -2.07. The van der Waals surface area contributed by atoms with Gasteiger partial charge in [-0.25, -0.2) is 0 Å². The highest BCUT2D eigenvalue weighted by Crippen LogP contribution is 2.23. The Morgan fingerprint density at radius 3 is 2.87 bits per heavy atom. The summed E-state index contributed by atoms with van der Waals surface area (Å²) < 4.78 is 10.3. The molecule has 0 fully saturated rings. The lowest BCUT2D eigenvalue weighted by atomic mass is 10.1. The monoisotopic (exact) mass is 204 g/mol. The van der Waals surface area contributed by atoms with Crippen molar-refractivity contribution in [1.29, 1.82) is 0 Å². The molecule has 1 heterocycles. The molecule has 2 rings (SSSR count). The summed E-state index contributed by atoms with van der Waals surface area (Å²) in [6, 6.07) is 7.15. The maximum Gasteiger partial charge on any atom is 0.230 e. The second-order valence-electron chi connectivity index (χ2n) is 3.23. The van der Waals surface area contributed by atoms with Crippen molar-refractivity contribution in [2.24, 2.45) is 0 Å². The predicted molar refractivity (Wildman–Crippen MR) is 56.0 cm³/mol. The van der Waals surface area contributed by atoms with Crippen LogP contribution in [0.1, 0.15) is 16.8 Å². The van der Waals surface area contributed by atoms with E-state index in [2.05, 4.69) is 0 Å². The molecule has 1 aliphatic rings. The molecule has 15 heavy (non-hydrogen) atoms. The van der Waals surface area contributed by atoms with E-state index in [0.717, 1.165) is 6.42 Å². The van der Waals surface area contributed by atoms with Gasteiger partial charge < -0.3 is 9.47 Å². The number of allylic oxidation sites excluding steroid dienone is 1. The third-order valence-electron chi connectivity index (χ3n) is 2.28. The van der Waals surface area contributed by atoms with Gasteiger partial charge in [0.25, 0.3) is 0 Å². The number of carbonyl (C=O) groups is 1. The molecule has 0 bridgehead atoms. The van der Waals surface area contributed by atoms with E-state index in [4.69, 9.17) is 9.47 Å². The molecule has 3 heteroatoms. The van der Waals surface area contributed by atoms with Gasteiger partial charge in [0.15, 0.2) is 5.76 Å². The minimum Gasteiger partial charge on any atom is -0.496 e. The summed E-state index contributed by atoms with van der Waals surface area (Å²) in [6.07, 6.45) is 2.62. The van der Waals surface area contributed by atoms with Crippen molar-refractivity contribution in [3.05, 3.63) is 41.7 Å². The molecule has 0 amide bonds. The number of para-hydroxylation sites is 1. The van der Waals surface area contributed by atoms with Crippen LogP contribution in [0.5, 0.6) is 5.75 Å². The molecule has 1 aromatic carbocycles. The third kappa shape index (κ3) is 1.86. The highest BCUT2D eigenvalue weighted by molar-refractivity contribution is 6.09. The van der Waals surface area contributed by atoms with Crippen molar-refractivity contribution < 1.29 is 14.3 Å². The summed E-state index contributed by atoms with van der Waals surface area (Å²) in [5.41, 5.74) is 0.549. The SMILES string of the molecule is COc1ccccc1C(=O)C1=CCCO1. The van der Waals surface area contributed by atoms with Gasteiger partial charge in [0.05, 0.1) is 19.3 Å². The normalized spacial score (nSPS) is 14.3. The first kappa shape index (κ1) is 9.77. The van der Waals surface area contributed by atoms with E-state index < -0.39 is 0 Å². The second kappa shape index (κ2) is 4.17. The molecule has 0 radical (unpaired) electrons. The summed E-state index contributed by atoms with van der Waals surface area (Å²) in [4.78, 5) is 12.0. The van der Waals surface area contributed by atoms with Crippen LogP contribution in [0.4, 0.5) is 0 Å². The molecule has 0 saturated heterocycles. The fraction of sp³-hybridized carbons (Fsp3) is 0.250. The smallest absolute Gasteiger partial charge is 0.230 e. The van der Waals surface area contributed by atoms with Gasteiger partial charge >= 0.3 is 0 Å². The largest absolute Gasteiger partial charge is 0.496 e. The summed E-state index contributed by atoms with van der Waals surface area (Å²) in [7, 11) is 1.55. The molecule has 1 aromatic rings. The summed E-state index contributed by atoms with van der Waals surface area (Å²) in [5.74, 6) is 0.906. The van der Waals surface area contributed by atoms with Gasteiger partial charge in [-0.2, -0.15) is 0 Å². The number of ether oxygens (including phenoxy) is 2. The van der Waals surface area contributed by atoms with Crippen LogP contribution in [0.15, 0.2) is 36.1 Å². The summed E-state index contributed by atoms with van der Waals surface area (Å²) in [6.45, 7) is 0.593. The molecule has 1 aliphatic heterocycles. The fourth-order valence-corrected chi connectivity index (χ4v) is 1.54. The predicted octanol–water partition coefficient (Wildman–Crippen LogP) is 2.18. The average molecular weight is 204 g/mol. The minimum atomic E-state index is -0.107. The first-order chi connectivity index (χ1) is 7.33. The number of rotatable bonds is 3. The van der Waals surface area contributed by atoms with Crippen LogP contribution in [0.3, 0.4) is 0 Å². The maximum absolute atomic E-state index is 12.0. The molecule has 3 nitrogen and oxygen atoms in total. The number of methoxy groups -OCH3 is 1. The van der Waals surface area contributed by atoms with Crippen LogP contribution in [-0.4, -0.2) is 19.5 Å². The van der Waals surface area contributed by atoms with Crippen LogP contribution in [0, 0.1) is 0 Å². The average Bonchev–Trinajstić information content (AvgIpc) is 2.81. The number of hydrogen-bond acceptors (Lipinski definition) is 3. The Labute approximate surface area is 88.3 Å². The van der Waals surface area contributed by atoms with Crippen LogP contribution < -0.4 is 4.74 Å². The van der Waals surface area contributed by atoms with Crippen molar-refractivity contribution in [3.8, 4) is 5.75 Å². The third-order valence-corrected chi connectivity index (χ3v) is 2.28. The molecule has 0 aliphatic carbocycles. The van der Waals surface area contributed by atoms with Crippen LogP contribution in [-0.2, 0) is 4.74 Å². The molecule has 0 atom stereocenters. The lowest BCUT2D eigenvalue weighted by Crippen LogP contribution is -2.05. The first-order valence-corrected chi connectivity index (χ1v) is 4.83. The van der Waals surface area contributed by atoms with Crippen molar-refractivity contribution in [3.63, 3.8) is 0 Å². The Kier molecular flexibility index (Phi) is 2.72. The Morgan fingerprint density at radius 2 is 2.20 bits per heavy atom. The Bertz CT molecular complexity index is 407. The fourth-order valence-electron chi connectivity index (χ4n) is 1.54. The second-order valence-corrected chi connectivity index (χ2v) is 3.23. The van der Waals surface area contributed by atoms with Gasteiger partial charge in [0.1, 0.15) is 5.75 Å². The molecular formula is C12H12O3. The zero-order chi connectivity index (χ0) is 10.7. The van der Waals surface area contributed by atoms with E-state index in [9.17, 15) is 4.79 Å². The highest BCUT2D eigenvalue weighted by Gasteiger charge is 2.19. The van der Waals surface area contributed by atoms with E-state index in [1.165, 1.54) is 0 Å². The van der Waals surface area contributed by atoms with Crippen molar-refractivity contribution in [1.82, 2.24) is 0 Å². The van der Waals surface area contributed by atoms with E-state index in [1.807, 2.05) is 18.2 Å². The molecular weight excluding hydrogens is 192 g/mol. The number of Topliss-reactive ketones (excluding diaryl/α,β-unsaturated/α-hetero) is 1. The van der Waals surface area contributed by atoms with Crippen LogP contribution in [0.2, 0.25) is 0 Å². The van der Waals surface area contributed by atoms with E-state index in [0.29, 0.717) is 23.7 Å². The van der Waals surface area contributed by atoms with Gasteiger partial charge in [-0.15, -0.1) is 0 Å². The minimum absolute atomic E-state index is 0.107. The molecule has 78 valence electrons.